The molecule has 8 nitrogen and oxygen atoms in total. The van der Waals surface area contributed by atoms with Gasteiger partial charge in [0.2, 0.25) is 0 Å². The SMILES string of the molecule is COc1cc(/C=N\NC(=O)[C@H](Cc2ccccc2)NC(=O)[C@@H](C)Oc2ccc(Cl)cc2Cl)cc(I)c1OCc1ccccc1. The minimum Gasteiger partial charge on any atom is -0.493 e. The van der Waals surface area contributed by atoms with Crippen LogP contribution in [0.1, 0.15) is 23.6 Å². The third-order valence-corrected chi connectivity index (χ3v) is 7.68. The molecule has 0 unspecified atom stereocenters. The number of ether oxygens (including phenoxy) is 3. The van der Waals surface area contributed by atoms with Crippen LogP contribution in [0.4, 0.5) is 0 Å². The van der Waals surface area contributed by atoms with Crippen molar-refractivity contribution in [2.24, 2.45) is 5.10 Å². The predicted molar refractivity (Wildman–Crippen MR) is 181 cm³/mol. The molecular formula is C33H30Cl2IN3O5. The zero-order valence-corrected chi connectivity index (χ0v) is 27.6. The van der Waals surface area contributed by atoms with Crippen LogP contribution >= 0.6 is 45.8 Å². The number of hydrogen-bond donors (Lipinski definition) is 2. The highest BCUT2D eigenvalue weighted by Gasteiger charge is 2.25. The lowest BCUT2D eigenvalue weighted by Crippen LogP contribution is -2.50. The highest BCUT2D eigenvalue weighted by Crippen LogP contribution is 2.34. The number of methoxy groups -OCH3 is 1. The molecule has 2 N–H and O–H groups in total. The first kappa shape index (κ1) is 33.1. The van der Waals surface area contributed by atoms with Crippen molar-refractivity contribution in [3.05, 3.63) is 121 Å². The molecule has 0 saturated heterocycles. The summed E-state index contributed by atoms with van der Waals surface area (Å²) in [5.74, 6) is 0.444. The number of amides is 2. The third kappa shape index (κ3) is 9.60. The van der Waals surface area contributed by atoms with Crippen molar-refractivity contribution in [3.63, 3.8) is 0 Å². The molecule has 44 heavy (non-hydrogen) atoms. The minimum absolute atomic E-state index is 0.238. The Balaban J connectivity index is 1.43. The number of nitrogens with zero attached hydrogens (tertiary/aromatic N) is 1. The van der Waals surface area contributed by atoms with Crippen molar-refractivity contribution < 1.29 is 23.8 Å². The van der Waals surface area contributed by atoms with Crippen LogP contribution < -0.4 is 25.0 Å². The molecule has 2 amide bonds. The molecule has 0 saturated carbocycles. The largest absolute Gasteiger partial charge is 0.493 e. The van der Waals surface area contributed by atoms with E-state index >= 15 is 0 Å². The summed E-state index contributed by atoms with van der Waals surface area (Å²) in [5, 5.41) is 7.63. The molecule has 0 aliphatic carbocycles. The molecule has 0 heterocycles. The lowest BCUT2D eigenvalue weighted by molar-refractivity contribution is -0.132. The predicted octanol–water partition coefficient (Wildman–Crippen LogP) is 6.83. The lowest BCUT2D eigenvalue weighted by Gasteiger charge is -2.21. The van der Waals surface area contributed by atoms with E-state index in [1.165, 1.54) is 12.3 Å². The van der Waals surface area contributed by atoms with E-state index in [4.69, 9.17) is 37.4 Å². The maximum absolute atomic E-state index is 13.2. The molecule has 2 atom stereocenters. The molecule has 4 aromatic rings. The van der Waals surface area contributed by atoms with E-state index in [9.17, 15) is 9.59 Å². The van der Waals surface area contributed by atoms with E-state index in [-0.39, 0.29) is 11.4 Å². The normalized spacial score (nSPS) is 12.3. The summed E-state index contributed by atoms with van der Waals surface area (Å²) in [6, 6.07) is 26.6. The summed E-state index contributed by atoms with van der Waals surface area (Å²) in [4.78, 5) is 26.3. The van der Waals surface area contributed by atoms with Crippen LogP contribution in [0.3, 0.4) is 0 Å². The fourth-order valence-electron chi connectivity index (χ4n) is 4.10. The van der Waals surface area contributed by atoms with Gasteiger partial charge in [-0.15, -0.1) is 0 Å². The van der Waals surface area contributed by atoms with Gasteiger partial charge in [0.15, 0.2) is 17.6 Å². The number of rotatable bonds is 13. The third-order valence-electron chi connectivity index (χ3n) is 6.35. The summed E-state index contributed by atoms with van der Waals surface area (Å²) in [5.41, 5.74) is 5.12. The van der Waals surface area contributed by atoms with Crippen molar-refractivity contribution in [1.82, 2.24) is 10.7 Å². The van der Waals surface area contributed by atoms with Crippen LogP contribution in [-0.4, -0.2) is 37.3 Å². The fraction of sp³-hybridized carbons (Fsp3) is 0.182. The Hall–Kier alpha value is -3.80. The van der Waals surface area contributed by atoms with E-state index in [1.807, 2.05) is 66.7 Å². The van der Waals surface area contributed by atoms with Gasteiger partial charge in [-0.25, -0.2) is 5.43 Å². The zero-order valence-electron chi connectivity index (χ0n) is 23.9. The standard InChI is InChI=1S/C33H30Cl2IN3O5/c1-21(44-29-14-13-25(34)18-26(29)35)32(40)38-28(16-22-9-5-3-6-10-22)33(41)39-37-19-24-15-27(36)31(30(17-24)42-2)43-20-23-11-7-4-8-12-23/h3-15,17-19,21,28H,16,20H2,1-2H3,(H,38,40)(H,39,41)/b37-19-/t21-,28+/m1/s1. The second kappa shape index (κ2) is 16.3. The van der Waals surface area contributed by atoms with Gasteiger partial charge < -0.3 is 19.5 Å². The van der Waals surface area contributed by atoms with Crippen molar-refractivity contribution in [3.8, 4) is 17.2 Å². The van der Waals surface area contributed by atoms with Crippen LogP contribution in [0.2, 0.25) is 10.0 Å². The highest BCUT2D eigenvalue weighted by atomic mass is 127. The quantitative estimate of drug-likeness (QED) is 0.0889. The Labute approximate surface area is 279 Å². The highest BCUT2D eigenvalue weighted by molar-refractivity contribution is 14.1. The molecular weight excluding hydrogens is 716 g/mol. The van der Waals surface area contributed by atoms with Crippen molar-refractivity contribution in [1.29, 1.82) is 0 Å². The average molecular weight is 746 g/mol. The van der Waals surface area contributed by atoms with Gasteiger partial charge >= 0.3 is 0 Å². The number of benzene rings is 4. The van der Waals surface area contributed by atoms with Gasteiger partial charge in [0, 0.05) is 11.4 Å². The van der Waals surface area contributed by atoms with Crippen molar-refractivity contribution >= 4 is 63.8 Å². The van der Waals surface area contributed by atoms with E-state index in [2.05, 4.69) is 38.4 Å². The molecule has 0 aliphatic heterocycles. The Morgan fingerprint density at radius 3 is 2.25 bits per heavy atom. The van der Waals surface area contributed by atoms with E-state index in [0.717, 1.165) is 14.7 Å². The van der Waals surface area contributed by atoms with Gasteiger partial charge in [-0.2, -0.15) is 5.10 Å². The molecule has 0 spiro atoms. The van der Waals surface area contributed by atoms with Crippen LogP contribution in [0.25, 0.3) is 0 Å². The molecule has 4 rings (SSSR count). The Morgan fingerprint density at radius 2 is 1.59 bits per heavy atom. The van der Waals surface area contributed by atoms with Crippen LogP contribution in [0.5, 0.6) is 17.2 Å². The molecule has 4 aromatic carbocycles. The van der Waals surface area contributed by atoms with Gasteiger partial charge in [0.1, 0.15) is 18.4 Å². The van der Waals surface area contributed by atoms with E-state index in [0.29, 0.717) is 34.4 Å². The summed E-state index contributed by atoms with van der Waals surface area (Å²) >= 11 is 14.3. The van der Waals surface area contributed by atoms with Crippen molar-refractivity contribution in [2.75, 3.05) is 7.11 Å². The van der Waals surface area contributed by atoms with Crippen LogP contribution in [0, 0.1) is 3.57 Å². The number of nitrogens with one attached hydrogen (secondary N) is 2. The van der Waals surface area contributed by atoms with E-state index < -0.39 is 24.0 Å². The number of carbonyl (C=O) groups is 2. The first-order valence-corrected chi connectivity index (χ1v) is 15.4. The van der Waals surface area contributed by atoms with Gasteiger partial charge in [-0.05, 0) is 76.5 Å². The van der Waals surface area contributed by atoms with Crippen LogP contribution in [-0.2, 0) is 22.6 Å². The Morgan fingerprint density at radius 1 is 0.909 bits per heavy atom. The smallest absolute Gasteiger partial charge is 0.262 e. The molecule has 228 valence electrons. The summed E-state index contributed by atoms with van der Waals surface area (Å²) < 4.78 is 18.1. The van der Waals surface area contributed by atoms with Gasteiger partial charge in [0.05, 0.1) is 21.9 Å². The van der Waals surface area contributed by atoms with Gasteiger partial charge in [0.25, 0.3) is 11.8 Å². The summed E-state index contributed by atoms with van der Waals surface area (Å²) in [6.45, 7) is 1.96. The molecule has 11 heteroatoms. The summed E-state index contributed by atoms with van der Waals surface area (Å²) in [7, 11) is 1.56. The number of halogens is 3. The average Bonchev–Trinajstić information content (AvgIpc) is 3.02. The number of hydrazone groups is 1. The maximum Gasteiger partial charge on any atom is 0.262 e. The first-order valence-electron chi connectivity index (χ1n) is 13.6. The second-order valence-corrected chi connectivity index (χ2v) is 11.6. The molecule has 0 radical (unpaired) electrons. The topological polar surface area (TPSA) is 98.2 Å². The second-order valence-electron chi connectivity index (χ2n) is 9.63. The van der Waals surface area contributed by atoms with E-state index in [1.54, 1.807) is 32.2 Å². The fourth-order valence-corrected chi connectivity index (χ4v) is 5.33. The van der Waals surface area contributed by atoms with Crippen LogP contribution in [0.15, 0.2) is 96.1 Å². The summed E-state index contributed by atoms with van der Waals surface area (Å²) in [6.07, 6.45) is 0.793. The molecule has 0 fully saturated rings. The van der Waals surface area contributed by atoms with Gasteiger partial charge in [-0.3, -0.25) is 9.59 Å². The monoisotopic (exact) mass is 745 g/mol. The lowest BCUT2D eigenvalue weighted by atomic mass is 10.1. The Bertz CT molecular complexity index is 1610. The Kier molecular flexibility index (Phi) is 12.3. The maximum atomic E-state index is 13.2. The number of hydrogen-bond acceptors (Lipinski definition) is 6. The zero-order chi connectivity index (χ0) is 31.5. The molecule has 0 bridgehead atoms. The first-order chi connectivity index (χ1) is 21.2. The molecule has 0 aliphatic rings. The molecule has 0 aromatic heterocycles. The number of carbonyl (C=O) groups excluding carboxylic acids is 2. The minimum atomic E-state index is -0.944. The van der Waals surface area contributed by atoms with Gasteiger partial charge in [-0.1, -0.05) is 83.9 Å². The van der Waals surface area contributed by atoms with Crippen molar-refractivity contribution in [2.45, 2.75) is 32.1 Å².